The van der Waals surface area contributed by atoms with Crippen LogP contribution in [0.5, 0.6) is 6.01 Å². The van der Waals surface area contributed by atoms with Crippen LogP contribution < -0.4 is 14.5 Å². The molecule has 3 aliphatic heterocycles. The molecule has 1 atom stereocenters. The standard InChI is InChI=1S/C52H48Cl2F3N13O3/c1-5-39(71)67-12-14-69(15-13-67)50-33-23-35(53)41(40-27(2)6-9-38-34(40)24-60-64-38)45(57)48(33)61-52(62-50)73-21-20-66-11-10-30(25-66)28(3)51(72)70-18-16-68(17-19-70)49-32-22-36(54)42(44(56)47(32)58-26-59-49)43-37(55)8-7-31-29(4)63-65-46(31)43/h5-9,22-24,26,30H,1,3,10-21,25H2,2,4H3,(H,60,64)(H,63,65). The average Bonchev–Trinajstić information content (AvgIpc) is 4.17. The van der Waals surface area contributed by atoms with E-state index in [9.17, 15) is 9.59 Å². The highest BCUT2D eigenvalue weighted by Crippen LogP contribution is 2.44. The molecule has 0 spiro atoms. The monoisotopic (exact) mass is 1030 g/mol. The van der Waals surface area contributed by atoms with Crippen LogP contribution in [0, 0.1) is 37.2 Å². The maximum atomic E-state index is 17.1. The molecule has 0 radical (unpaired) electrons. The number of aryl methyl sites for hydroxylation is 2. The van der Waals surface area contributed by atoms with E-state index in [1.54, 1.807) is 41.1 Å². The normalized spacial score (nSPS) is 16.7. The first-order valence-electron chi connectivity index (χ1n) is 23.9. The largest absolute Gasteiger partial charge is 0.462 e. The van der Waals surface area contributed by atoms with Crippen LogP contribution in [-0.4, -0.2) is 145 Å². The molecule has 21 heteroatoms. The van der Waals surface area contributed by atoms with E-state index >= 15 is 13.2 Å². The van der Waals surface area contributed by atoms with E-state index < -0.39 is 17.5 Å². The van der Waals surface area contributed by atoms with Gasteiger partial charge in [0.1, 0.15) is 41.4 Å². The molecular formula is C52H48Cl2F3N13O3. The van der Waals surface area contributed by atoms with Crippen LogP contribution in [0.15, 0.2) is 73.7 Å². The van der Waals surface area contributed by atoms with Crippen LogP contribution in [0.25, 0.3) is 65.9 Å². The minimum Gasteiger partial charge on any atom is -0.462 e. The number of likely N-dealkylation sites (tertiary alicyclic amines) is 1. The molecule has 2 amide bonds. The molecule has 8 aromatic rings. The number of fused-ring (bicyclic) bond motifs is 4. The Morgan fingerprint density at radius 2 is 1.47 bits per heavy atom. The number of ether oxygens (including phenoxy) is 1. The number of carbonyl (C=O) groups is 2. The van der Waals surface area contributed by atoms with Gasteiger partial charge in [-0.05, 0) is 68.8 Å². The maximum Gasteiger partial charge on any atom is 0.319 e. The van der Waals surface area contributed by atoms with Gasteiger partial charge in [-0.15, -0.1) is 0 Å². The van der Waals surface area contributed by atoms with Crippen LogP contribution in [-0.2, 0) is 9.59 Å². The first kappa shape index (κ1) is 47.9. The number of nitrogens with one attached hydrogen (secondary N) is 2. The van der Waals surface area contributed by atoms with E-state index in [0.29, 0.717) is 128 Å². The molecule has 2 N–H and O–H groups in total. The Bertz CT molecular complexity index is 3570. The van der Waals surface area contributed by atoms with Gasteiger partial charge in [0.15, 0.2) is 11.6 Å². The summed E-state index contributed by atoms with van der Waals surface area (Å²) >= 11 is 13.7. The Labute approximate surface area is 426 Å². The highest BCUT2D eigenvalue weighted by molar-refractivity contribution is 6.35. The van der Waals surface area contributed by atoms with Crippen molar-refractivity contribution in [1.29, 1.82) is 0 Å². The summed E-state index contributed by atoms with van der Waals surface area (Å²) in [4.78, 5) is 54.2. The molecule has 374 valence electrons. The molecule has 0 bridgehead atoms. The molecule has 11 rings (SSSR count). The van der Waals surface area contributed by atoms with Crippen molar-refractivity contribution in [2.75, 3.05) is 88.4 Å². The number of H-pyrrole nitrogens is 2. The number of amides is 2. The number of halogens is 5. The number of aromatic nitrogens is 8. The van der Waals surface area contributed by atoms with Gasteiger partial charge in [-0.2, -0.15) is 20.2 Å². The minimum atomic E-state index is -0.779. The summed E-state index contributed by atoms with van der Waals surface area (Å²) in [5.74, 6) is -1.54. The van der Waals surface area contributed by atoms with Crippen molar-refractivity contribution in [2.24, 2.45) is 5.92 Å². The number of nitrogens with zero attached hydrogens (tertiary/aromatic N) is 11. The molecule has 4 aromatic heterocycles. The van der Waals surface area contributed by atoms with Crippen LogP contribution in [0.4, 0.5) is 24.8 Å². The highest BCUT2D eigenvalue weighted by Gasteiger charge is 2.33. The van der Waals surface area contributed by atoms with Crippen LogP contribution in [0.1, 0.15) is 17.7 Å². The summed E-state index contributed by atoms with van der Waals surface area (Å²) < 4.78 is 55.2. The predicted molar refractivity (Wildman–Crippen MR) is 276 cm³/mol. The fourth-order valence-corrected chi connectivity index (χ4v) is 11.1. The molecule has 0 saturated carbocycles. The number of carbonyl (C=O) groups excluding carboxylic acids is 2. The van der Waals surface area contributed by atoms with Crippen LogP contribution >= 0.6 is 23.2 Å². The van der Waals surface area contributed by atoms with E-state index in [1.165, 1.54) is 18.5 Å². The van der Waals surface area contributed by atoms with E-state index in [-0.39, 0.29) is 68.1 Å². The van der Waals surface area contributed by atoms with Crippen molar-refractivity contribution < 1.29 is 27.5 Å². The molecule has 16 nitrogen and oxygen atoms in total. The van der Waals surface area contributed by atoms with Crippen molar-refractivity contribution >= 4 is 90.3 Å². The van der Waals surface area contributed by atoms with Crippen molar-refractivity contribution in [3.05, 3.63) is 112 Å². The van der Waals surface area contributed by atoms with Gasteiger partial charge in [0.2, 0.25) is 11.8 Å². The highest BCUT2D eigenvalue weighted by atomic mass is 35.5. The maximum absolute atomic E-state index is 17.1. The number of anilines is 2. The van der Waals surface area contributed by atoms with Crippen LogP contribution in [0.3, 0.4) is 0 Å². The summed E-state index contributed by atoms with van der Waals surface area (Å²) in [7, 11) is 0. The van der Waals surface area contributed by atoms with Crippen LogP contribution in [0.2, 0.25) is 10.0 Å². The Hall–Kier alpha value is -7.35. The van der Waals surface area contributed by atoms with E-state index in [1.807, 2.05) is 28.9 Å². The fourth-order valence-electron chi connectivity index (χ4n) is 10.5. The first-order valence-corrected chi connectivity index (χ1v) is 24.7. The van der Waals surface area contributed by atoms with Gasteiger partial charge in [0, 0.05) is 121 Å². The number of hydrogen-bond donors (Lipinski definition) is 2. The van der Waals surface area contributed by atoms with Gasteiger partial charge >= 0.3 is 6.01 Å². The second kappa shape index (κ2) is 19.2. The number of rotatable bonds is 11. The minimum absolute atomic E-state index is 0.00572. The Balaban J connectivity index is 0.755. The summed E-state index contributed by atoms with van der Waals surface area (Å²) in [6.07, 6.45) is 4.93. The zero-order valence-corrected chi connectivity index (χ0v) is 41.4. The molecule has 0 aliphatic carbocycles. The van der Waals surface area contributed by atoms with Crippen molar-refractivity contribution in [2.45, 2.75) is 20.3 Å². The fraction of sp³-hybridized carbons (Fsp3) is 0.308. The topological polar surface area (TPSA) is 168 Å². The van der Waals surface area contributed by atoms with Gasteiger partial charge in [-0.25, -0.2) is 23.1 Å². The Morgan fingerprint density at radius 1 is 0.781 bits per heavy atom. The zero-order chi connectivity index (χ0) is 50.8. The second-order valence-electron chi connectivity index (χ2n) is 18.6. The van der Waals surface area contributed by atoms with E-state index in [4.69, 9.17) is 32.9 Å². The molecule has 7 heterocycles. The lowest BCUT2D eigenvalue weighted by Crippen LogP contribution is -2.50. The van der Waals surface area contributed by atoms with Gasteiger partial charge in [0.25, 0.3) is 0 Å². The first-order chi connectivity index (χ1) is 35.3. The molecule has 73 heavy (non-hydrogen) atoms. The van der Waals surface area contributed by atoms with E-state index in [2.05, 4.69) is 53.4 Å². The lowest BCUT2D eigenvalue weighted by atomic mass is 9.95. The number of benzene rings is 4. The van der Waals surface area contributed by atoms with E-state index in [0.717, 1.165) is 17.5 Å². The number of piperazine rings is 2. The molecule has 3 saturated heterocycles. The number of hydrogen-bond acceptors (Lipinski definition) is 12. The van der Waals surface area contributed by atoms with Gasteiger partial charge < -0.3 is 24.3 Å². The van der Waals surface area contributed by atoms with Gasteiger partial charge in [-0.3, -0.25) is 24.7 Å². The second-order valence-corrected chi connectivity index (χ2v) is 19.4. The van der Waals surface area contributed by atoms with Crippen molar-refractivity contribution in [3.63, 3.8) is 0 Å². The lowest BCUT2D eigenvalue weighted by molar-refractivity contribution is -0.128. The van der Waals surface area contributed by atoms with Crippen molar-refractivity contribution in [1.82, 2.24) is 55.0 Å². The molecule has 3 fully saturated rings. The summed E-state index contributed by atoms with van der Waals surface area (Å²) in [6, 6.07) is 9.87. The van der Waals surface area contributed by atoms with Gasteiger partial charge in [-0.1, -0.05) is 42.4 Å². The molecule has 3 aliphatic rings. The summed E-state index contributed by atoms with van der Waals surface area (Å²) in [5.41, 5.74) is 3.72. The lowest BCUT2D eigenvalue weighted by Gasteiger charge is -2.36. The SMILES string of the molecule is C=CC(=O)N1CCN(c2nc(OCCN3CCC(C(=C)C(=O)N4CCN(c5ncnc6c(F)c(-c7c(F)ccc8c(C)n[nH]c78)c(Cl)cc56)CC4)C3)nc3c(F)c(-c4c(C)ccc5[nH]ncc45)c(Cl)cc23)CC1. The molecule has 4 aromatic carbocycles. The smallest absolute Gasteiger partial charge is 0.319 e. The zero-order valence-electron chi connectivity index (χ0n) is 39.9. The third-order valence-corrected chi connectivity index (χ3v) is 15.1. The predicted octanol–water partition coefficient (Wildman–Crippen LogP) is 8.44. The molecular weight excluding hydrogens is 983 g/mol. The third kappa shape index (κ3) is 8.51. The third-order valence-electron chi connectivity index (χ3n) is 14.5. The quantitative estimate of drug-likeness (QED) is 0.119. The average molecular weight is 1030 g/mol. The van der Waals surface area contributed by atoms with Crippen molar-refractivity contribution in [3.8, 4) is 28.3 Å². The Kier molecular flexibility index (Phi) is 12.6. The summed E-state index contributed by atoms with van der Waals surface area (Å²) in [6.45, 7) is 16.7. The number of aromatic amines is 2. The molecule has 1 unspecified atom stereocenters. The Morgan fingerprint density at radius 3 is 2.21 bits per heavy atom. The summed E-state index contributed by atoms with van der Waals surface area (Å²) in [5, 5.41) is 16.5. The van der Waals surface area contributed by atoms with Gasteiger partial charge in [0.05, 0.1) is 33.0 Å².